The number of carbonyl (C=O) groups is 1. The lowest BCUT2D eigenvalue weighted by Crippen LogP contribution is -2.24. The predicted octanol–water partition coefficient (Wildman–Crippen LogP) is 6.75. The van der Waals surface area contributed by atoms with Gasteiger partial charge >= 0.3 is 0 Å². The van der Waals surface area contributed by atoms with Crippen molar-refractivity contribution in [1.29, 1.82) is 0 Å². The minimum absolute atomic E-state index is 0.120. The number of ether oxygens (including phenoxy) is 1. The van der Waals surface area contributed by atoms with Crippen molar-refractivity contribution < 1.29 is 18.4 Å². The van der Waals surface area contributed by atoms with Crippen molar-refractivity contribution in [3.05, 3.63) is 118 Å². The molecule has 6 aromatic rings. The zero-order chi connectivity index (χ0) is 29.8. The van der Waals surface area contributed by atoms with Crippen LogP contribution in [0.25, 0.3) is 38.8 Å². The van der Waals surface area contributed by atoms with E-state index in [1.54, 1.807) is 37.4 Å². The molecular weight excluding hydrogens is 547 g/mol. The number of para-hydroxylation sites is 1. The molecule has 0 aliphatic carbocycles. The summed E-state index contributed by atoms with van der Waals surface area (Å²) in [5, 5.41) is 5.70. The summed E-state index contributed by atoms with van der Waals surface area (Å²) in [7, 11) is 0. The lowest BCUT2D eigenvalue weighted by Gasteiger charge is -2.14. The number of Topliss-reactive ketones (excluding diaryl/α,β-unsaturated/α-hetero) is 1. The molecule has 3 heterocycles. The largest absolute Gasteiger partial charge is 0.369 e. The van der Waals surface area contributed by atoms with Crippen LogP contribution < -0.4 is 5.56 Å². The van der Waals surface area contributed by atoms with Crippen molar-refractivity contribution in [2.45, 2.75) is 45.8 Å². The number of benzene rings is 3. The van der Waals surface area contributed by atoms with Crippen LogP contribution >= 0.6 is 0 Å². The number of aromatic nitrogens is 4. The first-order chi connectivity index (χ1) is 21.0. The van der Waals surface area contributed by atoms with Crippen molar-refractivity contribution in [3.63, 3.8) is 0 Å². The van der Waals surface area contributed by atoms with Crippen molar-refractivity contribution in [1.82, 2.24) is 19.7 Å². The molecule has 43 heavy (non-hydrogen) atoms. The Kier molecular flexibility index (Phi) is 8.15. The fourth-order valence-electron chi connectivity index (χ4n) is 5.13. The summed E-state index contributed by atoms with van der Waals surface area (Å²) in [4.78, 5) is 34.4. The summed E-state index contributed by atoms with van der Waals surface area (Å²) in [6.07, 6.45) is 4.09. The van der Waals surface area contributed by atoms with Gasteiger partial charge in [0.15, 0.2) is 5.76 Å². The maximum Gasteiger partial charge on any atom is 0.265 e. The number of pyridine rings is 1. The summed E-state index contributed by atoms with van der Waals surface area (Å²) in [6.45, 7) is 2.17. The molecule has 0 fully saturated rings. The van der Waals surface area contributed by atoms with Crippen LogP contribution in [0.15, 0.2) is 94.4 Å². The third-order valence-electron chi connectivity index (χ3n) is 7.28. The van der Waals surface area contributed by atoms with E-state index in [0.29, 0.717) is 66.2 Å². The Morgan fingerprint density at radius 2 is 1.81 bits per heavy atom. The number of halogens is 1. The molecule has 8 nitrogen and oxygen atoms in total. The van der Waals surface area contributed by atoms with Gasteiger partial charge in [0.1, 0.15) is 29.7 Å². The van der Waals surface area contributed by atoms with Gasteiger partial charge < -0.3 is 14.1 Å². The highest BCUT2D eigenvalue weighted by molar-refractivity contribution is 5.83. The fourth-order valence-corrected chi connectivity index (χ4v) is 5.13. The van der Waals surface area contributed by atoms with Gasteiger partial charge in [0.2, 0.25) is 0 Å². The lowest BCUT2D eigenvalue weighted by molar-refractivity contribution is -0.117. The Labute approximate surface area is 246 Å². The fraction of sp³-hybridized carbons (Fsp3) is 0.206. The summed E-state index contributed by atoms with van der Waals surface area (Å²) < 4.78 is 26.6. The first-order valence-electron chi connectivity index (χ1n) is 14.1. The molecule has 0 saturated carbocycles. The average molecular weight is 577 g/mol. The van der Waals surface area contributed by atoms with Crippen molar-refractivity contribution in [2.75, 3.05) is 0 Å². The Hall–Kier alpha value is -5.02. The van der Waals surface area contributed by atoms with Crippen LogP contribution in [0.3, 0.4) is 0 Å². The van der Waals surface area contributed by atoms with Gasteiger partial charge in [-0.2, -0.15) is 0 Å². The van der Waals surface area contributed by atoms with Crippen LogP contribution in [0.1, 0.15) is 43.3 Å². The quantitative estimate of drug-likeness (QED) is 0.157. The van der Waals surface area contributed by atoms with E-state index < -0.39 is 0 Å². The molecule has 0 spiro atoms. The van der Waals surface area contributed by atoms with E-state index in [4.69, 9.17) is 14.2 Å². The monoisotopic (exact) mass is 576 g/mol. The zero-order valence-corrected chi connectivity index (χ0v) is 23.6. The second-order valence-corrected chi connectivity index (χ2v) is 10.4. The van der Waals surface area contributed by atoms with Gasteiger partial charge in [0.25, 0.3) is 5.56 Å². The van der Waals surface area contributed by atoms with E-state index in [9.17, 15) is 14.0 Å². The molecule has 0 saturated heterocycles. The Morgan fingerprint density at radius 1 is 0.977 bits per heavy atom. The molecule has 0 amide bonds. The van der Waals surface area contributed by atoms with Crippen molar-refractivity contribution in [2.24, 2.45) is 0 Å². The van der Waals surface area contributed by atoms with E-state index in [-0.39, 0.29) is 23.8 Å². The van der Waals surface area contributed by atoms with Crippen LogP contribution in [0.5, 0.6) is 0 Å². The molecule has 9 heteroatoms. The van der Waals surface area contributed by atoms with Crippen LogP contribution in [0.2, 0.25) is 0 Å². The number of aryl methyl sites for hydroxylation is 1. The van der Waals surface area contributed by atoms with Crippen LogP contribution in [-0.4, -0.2) is 25.5 Å². The second-order valence-electron chi connectivity index (χ2n) is 10.4. The minimum atomic E-state index is -0.388. The number of fused-ring (bicyclic) bond motifs is 2. The molecule has 3 aromatic heterocycles. The third-order valence-corrected chi connectivity index (χ3v) is 7.28. The van der Waals surface area contributed by atoms with E-state index in [0.717, 1.165) is 22.0 Å². The molecule has 3 aromatic carbocycles. The maximum absolute atomic E-state index is 13.7. The number of carbonyl (C=O) groups excluding carboxylic acids is 1. The van der Waals surface area contributed by atoms with E-state index in [1.807, 2.05) is 42.5 Å². The highest BCUT2D eigenvalue weighted by atomic mass is 19.1. The Morgan fingerprint density at radius 3 is 2.65 bits per heavy atom. The van der Waals surface area contributed by atoms with Gasteiger partial charge in [0.05, 0.1) is 28.7 Å². The first-order valence-corrected chi connectivity index (χ1v) is 14.1. The zero-order valence-electron chi connectivity index (χ0n) is 23.6. The van der Waals surface area contributed by atoms with Crippen LogP contribution in [0, 0.1) is 5.82 Å². The normalized spacial score (nSPS) is 11.4. The van der Waals surface area contributed by atoms with Gasteiger partial charge in [0, 0.05) is 41.6 Å². The topological polar surface area (TPSA) is 100 Å². The minimum Gasteiger partial charge on any atom is -0.369 e. The number of hydrogen-bond acceptors (Lipinski definition) is 7. The molecule has 0 unspecified atom stereocenters. The van der Waals surface area contributed by atoms with Gasteiger partial charge in [-0.15, -0.1) is 0 Å². The Bertz CT molecular complexity index is 1980. The summed E-state index contributed by atoms with van der Waals surface area (Å²) in [5.74, 6) is 0.840. The van der Waals surface area contributed by atoms with Gasteiger partial charge in [-0.1, -0.05) is 35.5 Å². The number of hydrogen-bond donors (Lipinski definition) is 0. The molecule has 0 aliphatic heterocycles. The molecule has 0 radical (unpaired) electrons. The summed E-state index contributed by atoms with van der Waals surface area (Å²) in [6, 6.07) is 22.8. The van der Waals surface area contributed by atoms with Crippen molar-refractivity contribution >= 4 is 27.6 Å². The van der Waals surface area contributed by atoms with Gasteiger partial charge in [-0.25, -0.2) is 9.37 Å². The standard InChI is InChI=1S/C34H29FN4O4/c1-22(40)6-2-3-10-32-37-31-18-24(11-16-29(31)34(41)39(32)27-14-12-26(35)13-15-27)30-19-28(43-38-30)21-42-20-25-8-4-7-23-9-5-17-36-33(23)25/h4-5,7-9,11-19H,2-3,6,10,20-21H2,1H3. The number of nitrogens with zero attached hydrogens (tertiary/aromatic N) is 4. The smallest absolute Gasteiger partial charge is 0.265 e. The number of unbranched alkanes of at least 4 members (excludes halogenated alkanes) is 1. The summed E-state index contributed by atoms with van der Waals surface area (Å²) in [5.41, 5.74) is 4.04. The van der Waals surface area contributed by atoms with Crippen molar-refractivity contribution in [3.8, 4) is 16.9 Å². The van der Waals surface area contributed by atoms with E-state index >= 15 is 0 Å². The lowest BCUT2D eigenvalue weighted by atomic mass is 10.1. The molecule has 0 bridgehead atoms. The highest BCUT2D eigenvalue weighted by Gasteiger charge is 2.15. The molecular formula is C34H29FN4O4. The second kappa shape index (κ2) is 12.5. The third kappa shape index (κ3) is 6.27. The maximum atomic E-state index is 13.7. The van der Waals surface area contributed by atoms with Crippen LogP contribution in [0.4, 0.5) is 4.39 Å². The molecule has 216 valence electrons. The number of ketones is 1. The van der Waals surface area contributed by atoms with E-state index in [1.165, 1.54) is 16.7 Å². The molecule has 6 rings (SSSR count). The molecule has 0 atom stereocenters. The highest BCUT2D eigenvalue weighted by Crippen LogP contribution is 2.25. The Balaban J connectivity index is 1.24. The molecule has 0 aliphatic rings. The average Bonchev–Trinajstić information content (AvgIpc) is 3.49. The first kappa shape index (κ1) is 28.1. The van der Waals surface area contributed by atoms with Gasteiger partial charge in [-0.3, -0.25) is 14.3 Å². The molecule has 0 N–H and O–H groups in total. The summed E-state index contributed by atoms with van der Waals surface area (Å²) >= 11 is 0. The predicted molar refractivity (Wildman–Crippen MR) is 161 cm³/mol. The van der Waals surface area contributed by atoms with E-state index in [2.05, 4.69) is 10.1 Å². The SMILES string of the molecule is CC(=O)CCCCc1nc2cc(-c3cc(COCc4cccc5cccnc45)on3)ccc2c(=O)n1-c1ccc(F)cc1. The number of rotatable bonds is 11. The van der Waals surface area contributed by atoms with Crippen LogP contribution in [-0.2, 0) is 29.2 Å². The van der Waals surface area contributed by atoms with Gasteiger partial charge in [-0.05, 0) is 62.2 Å².